The van der Waals surface area contributed by atoms with Gasteiger partial charge in [0.2, 0.25) is 0 Å². The number of para-hydroxylation sites is 4. The Morgan fingerprint density at radius 2 is 0.964 bits per heavy atom. The zero-order chi connectivity index (χ0) is 36.3. The van der Waals surface area contributed by atoms with Crippen LogP contribution in [0.4, 0.5) is 17.1 Å². The lowest BCUT2D eigenvalue weighted by molar-refractivity contribution is 0.726. The second-order valence-corrected chi connectivity index (χ2v) is 14.0. The minimum absolute atomic E-state index is 0.756. The summed E-state index contributed by atoms with van der Waals surface area (Å²) < 4.78 is 6.30. The maximum Gasteiger partial charge on any atom is 0.0744 e. The third-order valence-electron chi connectivity index (χ3n) is 11.1. The predicted molar refractivity (Wildman–Crippen MR) is 222 cm³/mol. The van der Waals surface area contributed by atoms with Gasteiger partial charge in [-0.3, -0.25) is 0 Å². The molecule has 1 aliphatic rings. The highest BCUT2D eigenvalue weighted by molar-refractivity contribution is 6.12. The van der Waals surface area contributed by atoms with Crippen LogP contribution in [0.25, 0.3) is 38.9 Å². The fraction of sp³-hybridized carbons (Fsp3) is 0.0204. The Labute approximate surface area is 318 Å². The van der Waals surface area contributed by atoms with Crippen molar-refractivity contribution >= 4 is 38.9 Å². The highest BCUT2D eigenvalue weighted by Crippen LogP contribution is 2.59. The molecule has 0 saturated carbocycles. The Morgan fingerprint density at radius 1 is 0.382 bits per heavy atom. The number of rotatable bonds is 6. The van der Waals surface area contributed by atoms with E-state index in [1.165, 1.54) is 27.4 Å². The molecule has 0 spiro atoms. The van der Waals surface area contributed by atoms with Gasteiger partial charge in [0.25, 0.3) is 0 Å². The molecule has 0 radical (unpaired) electrons. The minimum atomic E-state index is -0.756. The average molecular weight is 707 g/mol. The number of hydrogen-bond acceptors (Lipinski definition) is 3. The van der Waals surface area contributed by atoms with Crippen molar-refractivity contribution < 1.29 is 0 Å². The van der Waals surface area contributed by atoms with E-state index in [1.807, 2.05) is 46.3 Å². The first-order chi connectivity index (χ1) is 27.3. The third-order valence-corrected chi connectivity index (χ3v) is 11.1. The van der Waals surface area contributed by atoms with Gasteiger partial charge in [0.1, 0.15) is 0 Å². The molecule has 6 heteroatoms. The first kappa shape index (κ1) is 31.1. The van der Waals surface area contributed by atoms with Crippen LogP contribution in [0.1, 0.15) is 22.3 Å². The maximum atomic E-state index is 4.66. The van der Waals surface area contributed by atoms with E-state index < -0.39 is 5.41 Å². The zero-order valence-corrected chi connectivity index (χ0v) is 29.8. The second-order valence-electron chi connectivity index (χ2n) is 14.0. The van der Waals surface area contributed by atoms with E-state index in [0.29, 0.717) is 0 Å². The largest absolute Gasteiger partial charge is 0.310 e. The lowest BCUT2D eigenvalue weighted by Crippen LogP contribution is -2.38. The lowest BCUT2D eigenvalue weighted by atomic mass is 9.62. The van der Waals surface area contributed by atoms with Crippen LogP contribution < -0.4 is 4.90 Å². The van der Waals surface area contributed by atoms with Crippen molar-refractivity contribution in [2.75, 3.05) is 4.90 Å². The van der Waals surface area contributed by atoms with Gasteiger partial charge in [0, 0.05) is 46.9 Å². The Balaban J connectivity index is 1.33. The number of fused-ring (bicyclic) bond motifs is 5. The number of anilines is 3. The summed E-state index contributed by atoms with van der Waals surface area (Å²) in [4.78, 5) is 2.45. The Kier molecular flexibility index (Phi) is 6.97. The summed E-state index contributed by atoms with van der Waals surface area (Å²) in [5, 5.41) is 11.7. The molecule has 11 rings (SSSR count). The monoisotopic (exact) mass is 706 g/mol. The molecule has 0 saturated heterocycles. The predicted octanol–water partition coefficient (Wildman–Crippen LogP) is 11.3. The second kappa shape index (κ2) is 12.3. The van der Waals surface area contributed by atoms with Gasteiger partial charge >= 0.3 is 0 Å². The van der Waals surface area contributed by atoms with Gasteiger partial charge in [0.05, 0.1) is 39.2 Å². The van der Waals surface area contributed by atoms with Gasteiger partial charge in [-0.25, -0.2) is 9.36 Å². The van der Waals surface area contributed by atoms with Crippen molar-refractivity contribution in [2.24, 2.45) is 0 Å². The van der Waals surface area contributed by atoms with Crippen molar-refractivity contribution in [3.05, 3.63) is 229 Å². The summed E-state index contributed by atoms with van der Waals surface area (Å²) >= 11 is 0. The van der Waals surface area contributed by atoms with Crippen LogP contribution in [0.2, 0.25) is 0 Å². The molecule has 7 aromatic carbocycles. The van der Waals surface area contributed by atoms with Crippen molar-refractivity contribution in [2.45, 2.75) is 5.41 Å². The van der Waals surface area contributed by atoms with E-state index >= 15 is 0 Å². The fourth-order valence-electron chi connectivity index (χ4n) is 8.86. The highest BCUT2D eigenvalue weighted by atomic mass is 15.3. The number of aromatic nitrogens is 5. The van der Waals surface area contributed by atoms with Crippen molar-refractivity contribution in [1.82, 2.24) is 24.1 Å². The molecule has 0 unspecified atom stereocenters. The quantitative estimate of drug-likeness (QED) is 0.173. The number of nitrogens with zero attached hydrogens (tertiary/aromatic N) is 6. The maximum absolute atomic E-state index is 4.66. The molecule has 0 aliphatic carbocycles. The molecule has 4 heterocycles. The summed E-state index contributed by atoms with van der Waals surface area (Å²) in [6, 6.07) is 65.8. The van der Waals surface area contributed by atoms with Crippen LogP contribution in [-0.4, -0.2) is 24.1 Å². The normalized spacial score (nSPS) is 13.2. The van der Waals surface area contributed by atoms with Gasteiger partial charge in [-0.1, -0.05) is 97.1 Å². The molecule has 260 valence electrons. The molecule has 0 bridgehead atoms. The standard InChI is InChI=1S/C49H34N6/c1-3-17-37(18-4-1)54-45-25-9-7-23-41(45)42-33-44-48(34-47(42)54)55(38-19-5-2-6-20-38)46-26-10-8-24-43(46)49(44,35-15-11-21-39(31-35)52-29-13-27-50-52)36-16-12-22-40(32-36)53-30-14-28-51-53/h1-34H. The summed E-state index contributed by atoms with van der Waals surface area (Å²) in [6.07, 6.45) is 7.67. The Bertz CT molecular complexity index is 2900. The number of hydrogen-bond donors (Lipinski definition) is 0. The van der Waals surface area contributed by atoms with Gasteiger partial charge in [0.15, 0.2) is 0 Å². The van der Waals surface area contributed by atoms with E-state index in [4.69, 9.17) is 0 Å². The molecule has 0 N–H and O–H groups in total. The highest BCUT2D eigenvalue weighted by Gasteiger charge is 2.47. The van der Waals surface area contributed by atoms with Crippen LogP contribution in [0.3, 0.4) is 0 Å². The molecular formula is C49H34N6. The van der Waals surface area contributed by atoms with Crippen molar-refractivity contribution in [1.29, 1.82) is 0 Å². The molecule has 0 atom stereocenters. The van der Waals surface area contributed by atoms with E-state index in [-0.39, 0.29) is 0 Å². The van der Waals surface area contributed by atoms with Crippen LogP contribution in [0, 0.1) is 0 Å². The zero-order valence-electron chi connectivity index (χ0n) is 29.8. The molecular weight excluding hydrogens is 673 g/mol. The van der Waals surface area contributed by atoms with Crippen LogP contribution in [0.5, 0.6) is 0 Å². The molecule has 3 aromatic heterocycles. The van der Waals surface area contributed by atoms with Gasteiger partial charge in [-0.05, 0) is 107 Å². The fourth-order valence-corrected chi connectivity index (χ4v) is 8.86. The number of benzene rings is 7. The van der Waals surface area contributed by atoms with Crippen molar-refractivity contribution in [3.8, 4) is 17.1 Å². The van der Waals surface area contributed by atoms with Gasteiger partial charge in [-0.2, -0.15) is 10.2 Å². The first-order valence-electron chi connectivity index (χ1n) is 18.6. The van der Waals surface area contributed by atoms with E-state index in [2.05, 4.69) is 190 Å². The van der Waals surface area contributed by atoms with E-state index in [0.717, 1.165) is 50.8 Å². The molecule has 0 amide bonds. The average Bonchev–Trinajstić information content (AvgIpc) is 4.05. The van der Waals surface area contributed by atoms with Crippen LogP contribution >= 0.6 is 0 Å². The summed E-state index contributed by atoms with van der Waals surface area (Å²) in [5.74, 6) is 0. The Morgan fingerprint density at radius 3 is 1.62 bits per heavy atom. The summed E-state index contributed by atoms with van der Waals surface area (Å²) in [5.41, 5.74) is 12.7. The SMILES string of the molecule is c1ccc(N2c3ccccc3C(c3cccc(-n4cccn4)c3)(c3cccc(-n4cccn4)c3)c3cc4c5ccccc5n(-c5ccccc5)c4cc32)cc1. The van der Waals surface area contributed by atoms with Gasteiger partial charge in [-0.15, -0.1) is 0 Å². The molecule has 0 fully saturated rings. The lowest BCUT2D eigenvalue weighted by Gasteiger charge is -2.46. The van der Waals surface area contributed by atoms with Crippen molar-refractivity contribution in [3.63, 3.8) is 0 Å². The van der Waals surface area contributed by atoms with Crippen LogP contribution in [-0.2, 0) is 5.41 Å². The third kappa shape index (κ3) is 4.68. The van der Waals surface area contributed by atoms with Gasteiger partial charge < -0.3 is 9.47 Å². The smallest absolute Gasteiger partial charge is 0.0744 e. The molecule has 1 aliphatic heterocycles. The molecule has 10 aromatic rings. The first-order valence-corrected chi connectivity index (χ1v) is 18.6. The minimum Gasteiger partial charge on any atom is -0.310 e. The topological polar surface area (TPSA) is 43.8 Å². The van der Waals surface area contributed by atoms with E-state index in [1.54, 1.807) is 0 Å². The van der Waals surface area contributed by atoms with E-state index in [9.17, 15) is 0 Å². The molecule has 6 nitrogen and oxygen atoms in total. The Hall–Kier alpha value is -7.44. The summed E-state index contributed by atoms with van der Waals surface area (Å²) in [6.45, 7) is 0. The molecule has 55 heavy (non-hydrogen) atoms. The van der Waals surface area contributed by atoms with Crippen LogP contribution in [0.15, 0.2) is 207 Å². The summed E-state index contributed by atoms with van der Waals surface area (Å²) in [7, 11) is 0.